The normalized spacial score (nSPS) is 11.4. The summed E-state index contributed by atoms with van der Waals surface area (Å²) in [5.74, 6) is -0.279. The Bertz CT molecular complexity index is 554. The highest BCUT2D eigenvalue weighted by atomic mass is 32.1. The zero-order chi connectivity index (χ0) is 12.3. The van der Waals surface area contributed by atoms with Gasteiger partial charge in [-0.15, -0.1) is 0 Å². The molecule has 5 heteroatoms. The van der Waals surface area contributed by atoms with Crippen LogP contribution < -0.4 is 0 Å². The Hall–Kier alpha value is -1.62. The lowest BCUT2D eigenvalue weighted by atomic mass is 10.4. The van der Waals surface area contributed by atoms with E-state index in [4.69, 9.17) is 4.74 Å². The lowest BCUT2D eigenvalue weighted by Gasteiger charge is -2.00. The molecule has 0 amide bonds. The molecular weight excluding hydrogens is 236 g/mol. The fourth-order valence-corrected chi connectivity index (χ4v) is 2.49. The molecule has 0 saturated heterocycles. The number of esters is 1. The molecule has 17 heavy (non-hydrogen) atoms. The molecule has 0 aromatic carbocycles. The number of hydrogen-bond donors (Lipinski definition) is 0. The average molecular weight is 250 g/mol. The molecule has 90 valence electrons. The molecule has 4 nitrogen and oxygen atoms in total. The molecule has 0 fully saturated rings. The molecule has 2 aromatic rings. The van der Waals surface area contributed by atoms with Gasteiger partial charge < -0.3 is 4.74 Å². The first-order chi connectivity index (χ1) is 8.24. The van der Waals surface area contributed by atoms with Gasteiger partial charge in [-0.2, -0.15) is 0 Å². The third kappa shape index (κ3) is 2.39. The van der Waals surface area contributed by atoms with Gasteiger partial charge in [0.15, 0.2) is 4.96 Å². The minimum atomic E-state index is -0.279. The van der Waals surface area contributed by atoms with Crippen LogP contribution in [0.4, 0.5) is 0 Å². The Morgan fingerprint density at radius 3 is 3.12 bits per heavy atom. The molecule has 0 bridgehead atoms. The number of allylic oxidation sites excluding steroid dienone is 1. The maximum atomic E-state index is 11.8. The van der Waals surface area contributed by atoms with E-state index in [1.165, 1.54) is 11.3 Å². The molecule has 0 aliphatic carbocycles. The molecule has 2 aromatic heterocycles. The summed E-state index contributed by atoms with van der Waals surface area (Å²) >= 11 is 1.36. The largest absolute Gasteiger partial charge is 0.457 e. The molecule has 0 N–H and O–H groups in total. The van der Waals surface area contributed by atoms with E-state index in [-0.39, 0.29) is 5.97 Å². The van der Waals surface area contributed by atoms with Crippen LogP contribution in [-0.2, 0) is 4.74 Å². The SMILES string of the molecule is CCC=CCOC(=O)c1sc2nccn2c1C. The minimum Gasteiger partial charge on any atom is -0.457 e. The van der Waals surface area contributed by atoms with Crippen LogP contribution in [0.25, 0.3) is 4.96 Å². The number of rotatable bonds is 4. The summed E-state index contributed by atoms with van der Waals surface area (Å²) in [6.07, 6.45) is 8.34. The summed E-state index contributed by atoms with van der Waals surface area (Å²) in [6, 6.07) is 0. The van der Waals surface area contributed by atoms with E-state index in [1.807, 2.05) is 36.6 Å². The van der Waals surface area contributed by atoms with Gasteiger partial charge in [-0.25, -0.2) is 9.78 Å². The molecule has 2 rings (SSSR count). The van der Waals surface area contributed by atoms with E-state index in [0.717, 1.165) is 17.1 Å². The van der Waals surface area contributed by atoms with Crippen LogP contribution in [0.5, 0.6) is 0 Å². The van der Waals surface area contributed by atoms with Crippen molar-refractivity contribution >= 4 is 22.3 Å². The Morgan fingerprint density at radius 1 is 1.59 bits per heavy atom. The number of imidazole rings is 1. The van der Waals surface area contributed by atoms with Crippen molar-refractivity contribution in [3.05, 3.63) is 35.1 Å². The van der Waals surface area contributed by atoms with Crippen LogP contribution in [0.1, 0.15) is 28.7 Å². The Morgan fingerprint density at radius 2 is 2.41 bits per heavy atom. The van der Waals surface area contributed by atoms with Crippen LogP contribution in [0.2, 0.25) is 0 Å². The van der Waals surface area contributed by atoms with Crippen molar-refractivity contribution < 1.29 is 9.53 Å². The van der Waals surface area contributed by atoms with Gasteiger partial charge in [0.05, 0.1) is 0 Å². The van der Waals surface area contributed by atoms with Crippen molar-refractivity contribution in [2.24, 2.45) is 0 Å². The zero-order valence-corrected chi connectivity index (χ0v) is 10.7. The van der Waals surface area contributed by atoms with Crippen LogP contribution in [0.3, 0.4) is 0 Å². The Kier molecular flexibility index (Phi) is 3.58. The maximum absolute atomic E-state index is 11.8. The van der Waals surface area contributed by atoms with E-state index >= 15 is 0 Å². The van der Waals surface area contributed by atoms with Crippen LogP contribution >= 0.6 is 11.3 Å². The molecule has 2 heterocycles. The van der Waals surface area contributed by atoms with Gasteiger partial charge in [-0.1, -0.05) is 30.4 Å². The number of thiazole rings is 1. The van der Waals surface area contributed by atoms with Crippen molar-refractivity contribution in [3.63, 3.8) is 0 Å². The molecule has 0 spiro atoms. The Labute approximate surface area is 104 Å². The molecule has 0 unspecified atom stereocenters. The van der Waals surface area contributed by atoms with Gasteiger partial charge >= 0.3 is 5.97 Å². The minimum absolute atomic E-state index is 0.279. The predicted octanol–water partition coefficient (Wildman–Crippen LogP) is 2.83. The second kappa shape index (κ2) is 5.14. The standard InChI is InChI=1S/C12H14N2O2S/c1-3-4-5-8-16-11(15)10-9(2)14-7-6-13-12(14)17-10/h4-7H,3,8H2,1-2H3. The molecular formula is C12H14N2O2S. The summed E-state index contributed by atoms with van der Waals surface area (Å²) < 4.78 is 7.05. The quantitative estimate of drug-likeness (QED) is 0.619. The van der Waals surface area contributed by atoms with Gasteiger partial charge in [-0.05, 0) is 13.3 Å². The first-order valence-electron chi connectivity index (χ1n) is 5.48. The first kappa shape index (κ1) is 11.9. The highest BCUT2D eigenvalue weighted by molar-refractivity contribution is 7.19. The highest BCUT2D eigenvalue weighted by Crippen LogP contribution is 2.22. The summed E-state index contributed by atoms with van der Waals surface area (Å²) in [5.41, 5.74) is 0.881. The first-order valence-corrected chi connectivity index (χ1v) is 6.30. The maximum Gasteiger partial charge on any atom is 0.350 e. The van der Waals surface area contributed by atoms with Crippen molar-refractivity contribution in [1.82, 2.24) is 9.38 Å². The van der Waals surface area contributed by atoms with E-state index in [9.17, 15) is 4.79 Å². The van der Waals surface area contributed by atoms with E-state index in [0.29, 0.717) is 11.5 Å². The number of aromatic nitrogens is 2. The van der Waals surface area contributed by atoms with Crippen molar-refractivity contribution in [2.45, 2.75) is 20.3 Å². The van der Waals surface area contributed by atoms with Gasteiger partial charge in [0.25, 0.3) is 0 Å². The second-order valence-corrected chi connectivity index (χ2v) is 4.55. The van der Waals surface area contributed by atoms with E-state index in [1.54, 1.807) is 6.20 Å². The topological polar surface area (TPSA) is 43.6 Å². The Balaban J connectivity index is 2.10. The third-order valence-corrected chi connectivity index (χ3v) is 3.54. The number of carbonyl (C=O) groups is 1. The van der Waals surface area contributed by atoms with Crippen LogP contribution in [-0.4, -0.2) is 22.0 Å². The fourth-order valence-electron chi connectivity index (χ4n) is 1.51. The smallest absolute Gasteiger partial charge is 0.350 e. The van der Waals surface area contributed by atoms with Crippen molar-refractivity contribution in [3.8, 4) is 0 Å². The number of aryl methyl sites for hydroxylation is 1. The van der Waals surface area contributed by atoms with E-state index in [2.05, 4.69) is 4.98 Å². The van der Waals surface area contributed by atoms with E-state index < -0.39 is 0 Å². The van der Waals surface area contributed by atoms with Crippen molar-refractivity contribution in [2.75, 3.05) is 6.61 Å². The van der Waals surface area contributed by atoms with Gasteiger partial charge in [-0.3, -0.25) is 4.40 Å². The number of carbonyl (C=O) groups excluding carboxylic acids is 1. The summed E-state index contributed by atoms with van der Waals surface area (Å²) in [7, 11) is 0. The van der Waals surface area contributed by atoms with Crippen LogP contribution in [0.15, 0.2) is 24.5 Å². The lowest BCUT2D eigenvalue weighted by molar-refractivity contribution is 0.0554. The fraction of sp³-hybridized carbons (Fsp3) is 0.333. The predicted molar refractivity (Wildman–Crippen MR) is 67.5 cm³/mol. The number of hydrogen-bond acceptors (Lipinski definition) is 4. The molecule has 0 aliphatic heterocycles. The monoisotopic (exact) mass is 250 g/mol. The number of fused-ring (bicyclic) bond motifs is 1. The lowest BCUT2D eigenvalue weighted by Crippen LogP contribution is -2.05. The third-order valence-electron chi connectivity index (χ3n) is 2.39. The highest BCUT2D eigenvalue weighted by Gasteiger charge is 2.16. The second-order valence-electron chi connectivity index (χ2n) is 3.57. The van der Waals surface area contributed by atoms with Gasteiger partial charge in [0.2, 0.25) is 0 Å². The summed E-state index contributed by atoms with van der Waals surface area (Å²) in [4.78, 5) is 17.4. The summed E-state index contributed by atoms with van der Waals surface area (Å²) in [6.45, 7) is 4.26. The molecule has 0 aliphatic rings. The number of nitrogens with zero attached hydrogens (tertiary/aromatic N) is 2. The average Bonchev–Trinajstić information content (AvgIpc) is 2.88. The summed E-state index contributed by atoms with van der Waals surface area (Å²) in [5, 5.41) is 0. The molecule has 0 atom stereocenters. The van der Waals surface area contributed by atoms with Crippen molar-refractivity contribution in [1.29, 1.82) is 0 Å². The van der Waals surface area contributed by atoms with Gasteiger partial charge in [0, 0.05) is 18.1 Å². The van der Waals surface area contributed by atoms with Gasteiger partial charge in [0.1, 0.15) is 11.5 Å². The molecule has 0 saturated carbocycles. The zero-order valence-electron chi connectivity index (χ0n) is 9.84. The number of ether oxygens (including phenoxy) is 1. The molecule has 0 radical (unpaired) electrons. The van der Waals surface area contributed by atoms with Crippen LogP contribution in [0, 0.1) is 6.92 Å².